The van der Waals surface area contributed by atoms with Crippen molar-refractivity contribution in [3.63, 3.8) is 0 Å². The normalized spacial score (nSPS) is 14.7. The standard InChI is InChI=1S/C36H45N7O3/c1-5-42(6-2)25-36(21-26-7-11-29(44-3)12-8-26,22-27-9-13-30(45-4)14-10-27)34-38-23-28(24-39-34)32-31-15-16-37-33(31)41-35(40-32)43-17-19-46-20-18-43/h7-14,23-24H,5-6,15-22,25H2,1-4H3,(H,37,40,41). The van der Waals surface area contributed by atoms with Gasteiger partial charge in [0.1, 0.15) is 23.1 Å². The molecule has 2 aliphatic heterocycles. The van der Waals surface area contributed by atoms with E-state index in [4.69, 9.17) is 34.1 Å². The fraction of sp³-hybridized carbons (Fsp3) is 0.444. The molecule has 10 nitrogen and oxygen atoms in total. The van der Waals surface area contributed by atoms with Gasteiger partial charge in [0.15, 0.2) is 0 Å². The Labute approximate surface area is 272 Å². The second-order valence-electron chi connectivity index (χ2n) is 12.1. The van der Waals surface area contributed by atoms with Crippen molar-refractivity contribution in [1.82, 2.24) is 24.8 Å². The monoisotopic (exact) mass is 623 g/mol. The van der Waals surface area contributed by atoms with Crippen molar-refractivity contribution < 1.29 is 14.2 Å². The number of benzene rings is 2. The van der Waals surface area contributed by atoms with E-state index in [1.54, 1.807) is 14.2 Å². The highest BCUT2D eigenvalue weighted by Gasteiger charge is 2.38. The number of anilines is 2. The fourth-order valence-corrected chi connectivity index (χ4v) is 6.58. The van der Waals surface area contributed by atoms with Crippen LogP contribution in [0.15, 0.2) is 60.9 Å². The summed E-state index contributed by atoms with van der Waals surface area (Å²) < 4.78 is 16.5. The molecule has 242 valence electrons. The predicted molar refractivity (Wildman–Crippen MR) is 181 cm³/mol. The first kappa shape index (κ1) is 31.7. The number of ether oxygens (including phenoxy) is 3. The van der Waals surface area contributed by atoms with Crippen LogP contribution in [0.4, 0.5) is 11.8 Å². The summed E-state index contributed by atoms with van der Waals surface area (Å²) in [5.74, 6) is 4.15. The van der Waals surface area contributed by atoms with E-state index < -0.39 is 5.41 Å². The summed E-state index contributed by atoms with van der Waals surface area (Å²) in [4.78, 5) is 25.0. The van der Waals surface area contributed by atoms with Gasteiger partial charge in [-0.1, -0.05) is 38.1 Å². The number of aromatic nitrogens is 4. The average Bonchev–Trinajstić information content (AvgIpc) is 3.60. The topological polar surface area (TPSA) is 97.8 Å². The number of hydrogen-bond acceptors (Lipinski definition) is 10. The van der Waals surface area contributed by atoms with Gasteiger partial charge in [-0.3, -0.25) is 0 Å². The van der Waals surface area contributed by atoms with Crippen LogP contribution in [-0.2, 0) is 29.4 Å². The molecule has 2 aromatic carbocycles. The average molecular weight is 624 g/mol. The van der Waals surface area contributed by atoms with Crippen molar-refractivity contribution in [3.8, 4) is 22.8 Å². The van der Waals surface area contributed by atoms with Gasteiger partial charge in [-0.2, -0.15) is 4.98 Å². The van der Waals surface area contributed by atoms with Crippen LogP contribution in [0.3, 0.4) is 0 Å². The van der Waals surface area contributed by atoms with E-state index in [0.29, 0.717) is 13.2 Å². The summed E-state index contributed by atoms with van der Waals surface area (Å²) in [6, 6.07) is 16.8. The summed E-state index contributed by atoms with van der Waals surface area (Å²) in [5.41, 5.74) is 4.96. The quantitative estimate of drug-likeness (QED) is 0.223. The summed E-state index contributed by atoms with van der Waals surface area (Å²) in [6.07, 6.45) is 6.34. The van der Waals surface area contributed by atoms with E-state index in [0.717, 1.165) is 104 Å². The highest BCUT2D eigenvalue weighted by Crippen LogP contribution is 2.36. The van der Waals surface area contributed by atoms with Crippen LogP contribution < -0.4 is 19.7 Å². The smallest absolute Gasteiger partial charge is 0.228 e. The first-order chi connectivity index (χ1) is 22.5. The third-order valence-corrected chi connectivity index (χ3v) is 9.18. The Hall–Kier alpha value is -4.28. The lowest BCUT2D eigenvalue weighted by Crippen LogP contribution is -2.45. The number of methoxy groups -OCH3 is 2. The van der Waals surface area contributed by atoms with Crippen molar-refractivity contribution in [2.45, 2.75) is 38.5 Å². The molecule has 0 amide bonds. The van der Waals surface area contributed by atoms with Crippen molar-refractivity contribution in [3.05, 3.63) is 83.4 Å². The van der Waals surface area contributed by atoms with Crippen LogP contribution in [0, 0.1) is 0 Å². The molecular weight excluding hydrogens is 578 g/mol. The van der Waals surface area contributed by atoms with Crippen LogP contribution in [0.25, 0.3) is 11.3 Å². The molecule has 0 spiro atoms. The molecule has 0 bridgehead atoms. The van der Waals surface area contributed by atoms with Crippen LogP contribution in [0.5, 0.6) is 11.5 Å². The fourth-order valence-electron chi connectivity index (χ4n) is 6.58. The maximum Gasteiger partial charge on any atom is 0.228 e. The lowest BCUT2D eigenvalue weighted by Gasteiger charge is -2.37. The highest BCUT2D eigenvalue weighted by molar-refractivity contribution is 5.71. The zero-order chi connectivity index (χ0) is 31.9. The number of likely N-dealkylation sites (N-methyl/N-ethyl adjacent to an activating group) is 1. The van der Waals surface area contributed by atoms with E-state index in [9.17, 15) is 0 Å². The number of nitrogens with one attached hydrogen (secondary N) is 1. The first-order valence-corrected chi connectivity index (χ1v) is 16.3. The molecule has 4 aromatic rings. The van der Waals surface area contributed by atoms with Gasteiger partial charge < -0.3 is 29.3 Å². The summed E-state index contributed by atoms with van der Waals surface area (Å²) >= 11 is 0. The Balaban J connectivity index is 1.42. The van der Waals surface area contributed by atoms with Crippen molar-refractivity contribution in [1.29, 1.82) is 0 Å². The Morgan fingerprint density at radius 3 is 1.98 bits per heavy atom. The van der Waals surface area contributed by atoms with Gasteiger partial charge in [-0.25, -0.2) is 15.0 Å². The SMILES string of the molecule is CCN(CC)CC(Cc1ccc(OC)cc1)(Cc1ccc(OC)cc1)c1ncc(-c2nc(N3CCOCC3)nc3c2CCN3)cn1. The van der Waals surface area contributed by atoms with Gasteiger partial charge in [0.25, 0.3) is 0 Å². The maximum atomic E-state index is 5.58. The number of rotatable bonds is 13. The minimum absolute atomic E-state index is 0.401. The van der Waals surface area contributed by atoms with Gasteiger partial charge in [0.05, 0.1) is 38.5 Å². The number of morpholine rings is 1. The Morgan fingerprint density at radius 1 is 0.848 bits per heavy atom. The molecule has 2 aromatic heterocycles. The van der Waals surface area contributed by atoms with E-state index >= 15 is 0 Å². The third-order valence-electron chi connectivity index (χ3n) is 9.18. The van der Waals surface area contributed by atoms with Crippen molar-refractivity contribution in [2.75, 3.05) is 76.9 Å². The first-order valence-electron chi connectivity index (χ1n) is 16.3. The van der Waals surface area contributed by atoms with Gasteiger partial charge in [-0.05, 0) is 67.7 Å². The predicted octanol–water partition coefficient (Wildman–Crippen LogP) is 4.82. The molecule has 6 rings (SSSR count). The molecule has 46 heavy (non-hydrogen) atoms. The summed E-state index contributed by atoms with van der Waals surface area (Å²) in [7, 11) is 3.40. The second kappa shape index (κ2) is 14.4. The maximum absolute atomic E-state index is 5.58. The molecule has 1 saturated heterocycles. The van der Waals surface area contributed by atoms with Gasteiger partial charge in [0, 0.05) is 49.7 Å². The van der Waals surface area contributed by atoms with Gasteiger partial charge >= 0.3 is 0 Å². The largest absolute Gasteiger partial charge is 0.497 e. The lowest BCUT2D eigenvalue weighted by molar-refractivity contribution is 0.122. The van der Waals surface area contributed by atoms with Gasteiger partial charge in [0.2, 0.25) is 5.95 Å². The molecule has 0 unspecified atom stereocenters. The molecule has 0 radical (unpaired) electrons. The molecule has 0 aliphatic carbocycles. The van der Waals surface area contributed by atoms with Crippen LogP contribution in [-0.4, -0.2) is 91.5 Å². The lowest BCUT2D eigenvalue weighted by atomic mass is 9.75. The van der Waals surface area contributed by atoms with E-state index in [2.05, 4.69) is 53.2 Å². The number of hydrogen-bond donors (Lipinski definition) is 1. The molecule has 4 heterocycles. The molecular formula is C36H45N7O3. The van der Waals surface area contributed by atoms with Gasteiger partial charge in [-0.15, -0.1) is 0 Å². The highest BCUT2D eigenvalue weighted by atomic mass is 16.5. The molecule has 2 aliphatic rings. The molecule has 0 atom stereocenters. The number of fused-ring (bicyclic) bond motifs is 1. The molecule has 1 N–H and O–H groups in total. The van der Waals surface area contributed by atoms with Crippen LogP contribution >= 0.6 is 0 Å². The minimum Gasteiger partial charge on any atom is -0.497 e. The zero-order valence-corrected chi connectivity index (χ0v) is 27.5. The van der Waals surface area contributed by atoms with Crippen LogP contribution in [0.1, 0.15) is 36.4 Å². The Morgan fingerprint density at radius 2 is 1.43 bits per heavy atom. The molecule has 1 fully saturated rings. The van der Waals surface area contributed by atoms with E-state index in [1.165, 1.54) is 11.1 Å². The third kappa shape index (κ3) is 6.93. The molecule has 0 saturated carbocycles. The van der Waals surface area contributed by atoms with Crippen LogP contribution in [0.2, 0.25) is 0 Å². The Kier molecular flexibility index (Phi) is 9.94. The summed E-state index contributed by atoms with van der Waals surface area (Å²) in [5, 5.41) is 3.46. The van der Waals surface area contributed by atoms with Crippen molar-refractivity contribution >= 4 is 11.8 Å². The molecule has 10 heteroatoms. The van der Waals surface area contributed by atoms with E-state index in [1.807, 2.05) is 36.7 Å². The zero-order valence-electron chi connectivity index (χ0n) is 27.5. The second-order valence-corrected chi connectivity index (χ2v) is 12.1. The summed E-state index contributed by atoms with van der Waals surface area (Å²) in [6.45, 7) is 10.9. The minimum atomic E-state index is -0.401. The van der Waals surface area contributed by atoms with E-state index in [-0.39, 0.29) is 0 Å². The Bertz CT molecular complexity index is 1520. The van der Waals surface area contributed by atoms with Crippen molar-refractivity contribution in [2.24, 2.45) is 0 Å². The number of nitrogens with zero attached hydrogens (tertiary/aromatic N) is 6.